The van der Waals surface area contributed by atoms with Crippen molar-refractivity contribution in [2.24, 2.45) is 0 Å². The lowest BCUT2D eigenvalue weighted by Crippen LogP contribution is -2.09. The van der Waals surface area contributed by atoms with Crippen molar-refractivity contribution in [1.29, 1.82) is 5.26 Å². The molecule has 0 bridgehead atoms. The number of benzene rings is 2. The quantitative estimate of drug-likeness (QED) is 0.253. The minimum Gasteiger partial charge on any atom is -0.454 e. The molecule has 0 saturated carbocycles. The zero-order valence-corrected chi connectivity index (χ0v) is 16.3. The number of hydrogen-bond donors (Lipinski definition) is 0. The Hall–Kier alpha value is -1.20. The molecule has 26 heavy (non-hydrogen) atoms. The molecule has 2 aromatic carbocycles. The molecule has 1 atom stereocenters. The molecule has 0 aliphatic carbocycles. The van der Waals surface area contributed by atoms with Crippen LogP contribution in [-0.4, -0.2) is 4.83 Å². The van der Waals surface area contributed by atoms with Gasteiger partial charge in [-0.3, -0.25) is 0 Å². The van der Waals surface area contributed by atoms with Gasteiger partial charge in [-0.05, 0) is 36.2 Å². The fourth-order valence-corrected chi connectivity index (χ4v) is 3.08. The standard InChI is InChI=1S/C16H7BrCl3F4NO/c17-8(6-25)3-7-4-9(1-2-11(7)18)26-15-12(19)5-10(16(22,23)24)14(21)13(15)20/h1-2,4-5,8H,3H2. The highest BCUT2D eigenvalue weighted by Crippen LogP contribution is 2.44. The third kappa shape index (κ3) is 4.74. The molecule has 0 heterocycles. The van der Waals surface area contributed by atoms with Crippen LogP contribution in [0.4, 0.5) is 17.6 Å². The van der Waals surface area contributed by atoms with E-state index in [0.717, 1.165) is 0 Å². The molecule has 0 aliphatic rings. The smallest absolute Gasteiger partial charge is 0.419 e. The molecule has 0 fully saturated rings. The van der Waals surface area contributed by atoms with E-state index in [1.54, 1.807) is 0 Å². The van der Waals surface area contributed by atoms with Crippen LogP contribution in [-0.2, 0) is 12.6 Å². The Bertz CT molecular complexity index is 883. The summed E-state index contributed by atoms with van der Waals surface area (Å²) < 4.78 is 57.6. The summed E-state index contributed by atoms with van der Waals surface area (Å²) in [6, 6.07) is 6.70. The number of hydrogen-bond acceptors (Lipinski definition) is 2. The topological polar surface area (TPSA) is 33.0 Å². The van der Waals surface area contributed by atoms with Crippen molar-refractivity contribution >= 4 is 50.7 Å². The summed E-state index contributed by atoms with van der Waals surface area (Å²) in [5.41, 5.74) is -1.06. The molecule has 2 nitrogen and oxygen atoms in total. The van der Waals surface area contributed by atoms with Crippen molar-refractivity contribution in [3.05, 3.63) is 56.3 Å². The van der Waals surface area contributed by atoms with Crippen molar-refractivity contribution in [3.8, 4) is 17.6 Å². The van der Waals surface area contributed by atoms with Crippen molar-refractivity contribution in [2.45, 2.75) is 17.4 Å². The fourth-order valence-electron chi connectivity index (χ4n) is 2.01. The first-order chi connectivity index (χ1) is 12.0. The van der Waals surface area contributed by atoms with E-state index in [0.29, 0.717) is 16.7 Å². The average molecular weight is 491 g/mol. The molecule has 0 spiro atoms. The molecule has 1 unspecified atom stereocenters. The van der Waals surface area contributed by atoms with Crippen molar-refractivity contribution < 1.29 is 22.3 Å². The van der Waals surface area contributed by atoms with E-state index >= 15 is 0 Å². The Labute approximate surface area is 169 Å². The van der Waals surface area contributed by atoms with E-state index in [1.807, 2.05) is 6.07 Å². The van der Waals surface area contributed by atoms with Gasteiger partial charge in [-0.15, -0.1) is 0 Å². The fraction of sp³-hybridized carbons (Fsp3) is 0.188. The van der Waals surface area contributed by atoms with Crippen LogP contribution in [0.25, 0.3) is 0 Å². The van der Waals surface area contributed by atoms with Crippen molar-refractivity contribution in [3.63, 3.8) is 0 Å². The molecular formula is C16H7BrCl3F4NO. The van der Waals surface area contributed by atoms with E-state index < -0.39 is 38.2 Å². The van der Waals surface area contributed by atoms with Crippen LogP contribution in [0, 0.1) is 17.1 Å². The first-order valence-electron chi connectivity index (χ1n) is 6.79. The lowest BCUT2D eigenvalue weighted by atomic mass is 10.1. The summed E-state index contributed by atoms with van der Waals surface area (Å²) in [5, 5.41) is 7.81. The van der Waals surface area contributed by atoms with Gasteiger partial charge in [0, 0.05) is 5.02 Å². The summed E-state index contributed by atoms with van der Waals surface area (Å²) in [6.45, 7) is 0. The number of halogens is 8. The van der Waals surface area contributed by atoms with Gasteiger partial charge in [-0.1, -0.05) is 50.7 Å². The summed E-state index contributed by atoms with van der Waals surface area (Å²) in [4.78, 5) is -0.508. The third-order valence-electron chi connectivity index (χ3n) is 3.20. The molecule has 0 saturated heterocycles. The van der Waals surface area contributed by atoms with Crippen LogP contribution in [0.3, 0.4) is 0 Å². The maximum absolute atomic E-state index is 13.9. The molecule has 0 aliphatic heterocycles. The second-order valence-electron chi connectivity index (χ2n) is 5.02. The van der Waals surface area contributed by atoms with Gasteiger partial charge in [-0.25, -0.2) is 4.39 Å². The minimum atomic E-state index is -4.95. The predicted octanol–water partition coefficient (Wildman–Crippen LogP) is 7.43. The second-order valence-corrected chi connectivity index (χ2v) is 7.31. The number of alkyl halides is 4. The monoisotopic (exact) mass is 489 g/mol. The largest absolute Gasteiger partial charge is 0.454 e. The lowest BCUT2D eigenvalue weighted by Gasteiger charge is -2.15. The van der Waals surface area contributed by atoms with E-state index in [9.17, 15) is 17.6 Å². The lowest BCUT2D eigenvalue weighted by molar-refractivity contribution is -0.140. The van der Waals surface area contributed by atoms with Gasteiger partial charge < -0.3 is 4.74 Å². The number of rotatable bonds is 4. The van der Waals surface area contributed by atoms with E-state index in [1.165, 1.54) is 18.2 Å². The van der Waals surface area contributed by atoms with E-state index in [2.05, 4.69) is 15.9 Å². The van der Waals surface area contributed by atoms with Crippen molar-refractivity contribution in [1.82, 2.24) is 0 Å². The molecule has 0 aromatic heterocycles. The molecule has 138 valence electrons. The predicted molar refractivity (Wildman–Crippen MR) is 95.0 cm³/mol. The normalized spacial score (nSPS) is 12.6. The maximum atomic E-state index is 13.9. The van der Waals surface area contributed by atoms with Crippen LogP contribution >= 0.6 is 50.7 Å². The van der Waals surface area contributed by atoms with Gasteiger partial charge in [0.15, 0.2) is 11.6 Å². The van der Waals surface area contributed by atoms with Crippen LogP contribution in [0.5, 0.6) is 11.5 Å². The maximum Gasteiger partial charge on any atom is 0.419 e. The van der Waals surface area contributed by atoms with Gasteiger partial charge in [0.2, 0.25) is 0 Å². The molecule has 0 amide bonds. The molecule has 2 aromatic rings. The Morgan fingerprint density at radius 2 is 1.81 bits per heavy atom. The number of ether oxygens (including phenoxy) is 1. The summed E-state index contributed by atoms with van der Waals surface area (Å²) >= 11 is 20.6. The highest BCUT2D eigenvalue weighted by atomic mass is 79.9. The van der Waals surface area contributed by atoms with Crippen LogP contribution in [0.2, 0.25) is 15.1 Å². The minimum absolute atomic E-state index is 0.116. The molecule has 2 rings (SSSR count). The van der Waals surface area contributed by atoms with E-state index in [-0.39, 0.29) is 12.2 Å². The molecule has 0 radical (unpaired) electrons. The number of nitriles is 1. The van der Waals surface area contributed by atoms with Crippen LogP contribution < -0.4 is 4.74 Å². The van der Waals surface area contributed by atoms with Gasteiger partial charge >= 0.3 is 6.18 Å². The zero-order chi connectivity index (χ0) is 19.6. The Balaban J connectivity index is 2.42. The Morgan fingerprint density at radius 3 is 2.38 bits per heavy atom. The molecule has 0 N–H and O–H groups in total. The van der Waals surface area contributed by atoms with Crippen molar-refractivity contribution in [2.75, 3.05) is 0 Å². The van der Waals surface area contributed by atoms with Gasteiger partial charge in [-0.2, -0.15) is 18.4 Å². The molecule has 10 heteroatoms. The molecular weight excluding hydrogens is 484 g/mol. The Kier molecular flexibility index (Phi) is 6.67. The summed E-state index contributed by atoms with van der Waals surface area (Å²) in [7, 11) is 0. The second kappa shape index (κ2) is 8.22. The van der Waals surface area contributed by atoms with Gasteiger partial charge in [0.25, 0.3) is 0 Å². The van der Waals surface area contributed by atoms with Gasteiger partial charge in [0.05, 0.1) is 16.7 Å². The SMILES string of the molecule is N#CC(Br)Cc1cc(Oc2c(Cl)cc(C(F)(F)F)c(F)c2Cl)ccc1Cl. The third-order valence-corrected chi connectivity index (χ3v) is 4.71. The van der Waals surface area contributed by atoms with E-state index in [4.69, 9.17) is 44.8 Å². The average Bonchev–Trinajstić information content (AvgIpc) is 2.56. The zero-order valence-electron chi connectivity index (χ0n) is 12.5. The first kappa shape index (κ1) is 21.1. The highest BCUT2D eigenvalue weighted by molar-refractivity contribution is 9.09. The highest BCUT2D eigenvalue weighted by Gasteiger charge is 2.37. The summed E-state index contributed by atoms with van der Waals surface area (Å²) in [5.74, 6) is -2.02. The van der Waals surface area contributed by atoms with Crippen LogP contribution in [0.1, 0.15) is 11.1 Å². The Morgan fingerprint density at radius 1 is 1.15 bits per heavy atom. The first-order valence-corrected chi connectivity index (χ1v) is 8.84. The van der Waals surface area contributed by atoms with Crippen LogP contribution in [0.15, 0.2) is 24.3 Å². The van der Waals surface area contributed by atoms with Gasteiger partial charge in [0.1, 0.15) is 15.6 Å². The summed E-state index contributed by atoms with van der Waals surface area (Å²) in [6.07, 6.45) is -4.71. The number of nitrogens with zero attached hydrogens (tertiary/aromatic N) is 1.